The molecule has 1 atom stereocenters. The highest BCUT2D eigenvalue weighted by Gasteiger charge is 2.37. The molecule has 0 radical (unpaired) electrons. The molecule has 0 aliphatic carbocycles. The normalized spacial score (nSPS) is 13.5. The second-order valence-electron chi connectivity index (χ2n) is 7.03. The van der Waals surface area contributed by atoms with Gasteiger partial charge in [0.25, 0.3) is 5.69 Å². The van der Waals surface area contributed by atoms with Gasteiger partial charge in [-0.05, 0) is 23.7 Å². The predicted molar refractivity (Wildman–Crippen MR) is 92.4 cm³/mol. The number of nitro benzene ring substituents is 1. The van der Waals surface area contributed by atoms with Crippen LogP contribution in [0.3, 0.4) is 0 Å². The molecular weight excluding hydrogens is 294 g/mol. The zero-order valence-corrected chi connectivity index (χ0v) is 15.1. The maximum atomic E-state index is 10.9. The molecule has 22 heavy (non-hydrogen) atoms. The van der Waals surface area contributed by atoms with Gasteiger partial charge in [-0.2, -0.15) is 0 Å². The Morgan fingerprint density at radius 3 is 2.55 bits per heavy atom. The summed E-state index contributed by atoms with van der Waals surface area (Å²) in [6.45, 7) is 11.4. The Bertz CT molecular complexity index is 570. The van der Waals surface area contributed by atoms with Crippen molar-refractivity contribution in [2.45, 2.75) is 51.2 Å². The second-order valence-corrected chi connectivity index (χ2v) is 11.8. The fourth-order valence-electron chi connectivity index (χ4n) is 1.83. The van der Waals surface area contributed by atoms with Crippen LogP contribution in [-0.2, 0) is 4.43 Å². The van der Waals surface area contributed by atoms with Gasteiger partial charge in [-0.3, -0.25) is 10.1 Å². The van der Waals surface area contributed by atoms with Crippen molar-refractivity contribution in [3.05, 3.63) is 39.9 Å². The van der Waals surface area contributed by atoms with Crippen LogP contribution in [0, 0.1) is 22.5 Å². The number of benzene rings is 1. The molecule has 0 bridgehead atoms. The Hall–Kier alpha value is -1.64. The van der Waals surface area contributed by atoms with Crippen LogP contribution in [0.25, 0.3) is 0 Å². The van der Waals surface area contributed by atoms with Crippen LogP contribution in [0.5, 0.6) is 0 Å². The first-order chi connectivity index (χ1) is 10.1. The minimum absolute atomic E-state index is 0.0148. The van der Waals surface area contributed by atoms with Crippen LogP contribution in [0.4, 0.5) is 5.69 Å². The van der Waals surface area contributed by atoms with Crippen molar-refractivity contribution >= 4 is 14.0 Å². The van der Waals surface area contributed by atoms with E-state index in [1.165, 1.54) is 6.07 Å². The van der Waals surface area contributed by atoms with Crippen molar-refractivity contribution in [1.29, 1.82) is 0 Å². The number of nitro groups is 1. The molecule has 0 aliphatic rings. The summed E-state index contributed by atoms with van der Waals surface area (Å²) in [6, 6.07) is 6.66. The smallest absolute Gasteiger partial charge is 0.269 e. The van der Waals surface area contributed by atoms with Crippen LogP contribution in [0.15, 0.2) is 24.3 Å². The monoisotopic (exact) mass is 319 g/mol. The maximum absolute atomic E-state index is 10.9. The van der Waals surface area contributed by atoms with Crippen LogP contribution in [0.1, 0.15) is 38.7 Å². The lowest BCUT2D eigenvalue weighted by atomic mass is 9.96. The van der Waals surface area contributed by atoms with Gasteiger partial charge in [-0.1, -0.05) is 32.9 Å². The Morgan fingerprint density at radius 2 is 2.05 bits per heavy atom. The molecule has 0 N–H and O–H groups in total. The van der Waals surface area contributed by atoms with Crippen molar-refractivity contribution < 1.29 is 9.35 Å². The molecule has 0 aromatic heterocycles. The van der Waals surface area contributed by atoms with Crippen LogP contribution < -0.4 is 0 Å². The first-order valence-electron chi connectivity index (χ1n) is 7.40. The first-order valence-corrected chi connectivity index (χ1v) is 10.3. The molecule has 120 valence electrons. The van der Waals surface area contributed by atoms with E-state index in [-0.39, 0.29) is 21.6 Å². The van der Waals surface area contributed by atoms with Crippen molar-refractivity contribution in [3.63, 3.8) is 0 Å². The maximum Gasteiger partial charge on any atom is 0.269 e. The molecule has 0 amide bonds. The quantitative estimate of drug-likeness (QED) is 0.330. The molecule has 4 nitrogen and oxygen atoms in total. The summed E-state index contributed by atoms with van der Waals surface area (Å²) < 4.78 is 6.24. The van der Waals surface area contributed by atoms with E-state index >= 15 is 0 Å². The fourth-order valence-corrected chi connectivity index (χ4v) is 2.88. The lowest BCUT2D eigenvalue weighted by molar-refractivity contribution is -0.384. The Balaban J connectivity index is 2.94. The molecule has 0 saturated carbocycles. The van der Waals surface area contributed by atoms with E-state index < -0.39 is 8.32 Å². The number of terminal acetylenes is 1. The number of nitrogens with zero attached hydrogens (tertiary/aromatic N) is 1. The van der Waals surface area contributed by atoms with E-state index in [2.05, 4.69) is 39.8 Å². The summed E-state index contributed by atoms with van der Waals surface area (Å²) in [7, 11) is -1.87. The van der Waals surface area contributed by atoms with E-state index in [0.717, 1.165) is 5.56 Å². The molecule has 0 saturated heterocycles. The average Bonchev–Trinajstić information content (AvgIpc) is 2.42. The van der Waals surface area contributed by atoms with Gasteiger partial charge in [0.2, 0.25) is 0 Å². The Morgan fingerprint density at radius 1 is 1.41 bits per heavy atom. The van der Waals surface area contributed by atoms with Crippen molar-refractivity contribution in [3.8, 4) is 12.3 Å². The van der Waals surface area contributed by atoms with Gasteiger partial charge in [0.05, 0.1) is 4.92 Å². The van der Waals surface area contributed by atoms with Gasteiger partial charge in [-0.25, -0.2) is 0 Å². The molecule has 0 spiro atoms. The minimum atomic E-state index is -1.87. The standard InChI is InChI=1S/C17H25NO3Si/c1-7-9-15(13-21-22(5,6)17(2,3)4)14-10-8-11-16(12-14)18(19)20/h1,8,10-12,15H,9,13H2,2-6H3. The minimum Gasteiger partial charge on any atom is -0.416 e. The zero-order chi connectivity index (χ0) is 17.0. The summed E-state index contributed by atoms with van der Waals surface area (Å²) in [4.78, 5) is 10.5. The number of hydrogen-bond acceptors (Lipinski definition) is 3. The first kappa shape index (κ1) is 18.4. The topological polar surface area (TPSA) is 52.4 Å². The van der Waals surface area contributed by atoms with Crippen molar-refractivity contribution in [2.75, 3.05) is 6.61 Å². The summed E-state index contributed by atoms with van der Waals surface area (Å²) in [5, 5.41) is 11.0. The highest BCUT2D eigenvalue weighted by atomic mass is 28.4. The van der Waals surface area contributed by atoms with Crippen LogP contribution in [-0.4, -0.2) is 19.8 Å². The highest BCUT2D eigenvalue weighted by Crippen LogP contribution is 2.37. The average molecular weight is 319 g/mol. The third-order valence-corrected chi connectivity index (χ3v) is 8.87. The van der Waals surface area contributed by atoms with E-state index in [1.54, 1.807) is 12.1 Å². The SMILES string of the molecule is C#CCC(CO[Si](C)(C)C(C)(C)C)c1cccc([N+](=O)[O-])c1. The van der Waals surface area contributed by atoms with E-state index in [4.69, 9.17) is 10.8 Å². The molecule has 1 aromatic carbocycles. The van der Waals surface area contributed by atoms with E-state index in [0.29, 0.717) is 13.0 Å². The molecular formula is C17H25NO3Si. The van der Waals surface area contributed by atoms with Gasteiger partial charge in [0, 0.05) is 31.1 Å². The Kier molecular flexibility index (Phi) is 5.92. The molecule has 0 heterocycles. The van der Waals surface area contributed by atoms with Gasteiger partial charge in [0.15, 0.2) is 8.32 Å². The van der Waals surface area contributed by atoms with Crippen molar-refractivity contribution in [1.82, 2.24) is 0 Å². The lowest BCUT2D eigenvalue weighted by Crippen LogP contribution is -2.41. The van der Waals surface area contributed by atoms with Crippen molar-refractivity contribution in [2.24, 2.45) is 0 Å². The summed E-state index contributed by atoms with van der Waals surface area (Å²) in [5.41, 5.74) is 0.956. The molecule has 1 rings (SSSR count). The lowest BCUT2D eigenvalue weighted by Gasteiger charge is -2.37. The predicted octanol–water partition coefficient (Wildman–Crippen LogP) is 4.72. The molecule has 0 fully saturated rings. The third kappa shape index (κ3) is 4.69. The van der Waals surface area contributed by atoms with Gasteiger partial charge >= 0.3 is 0 Å². The Labute approximate surface area is 134 Å². The van der Waals surface area contributed by atoms with Gasteiger partial charge in [-0.15, -0.1) is 12.3 Å². The summed E-state index contributed by atoms with van der Waals surface area (Å²) >= 11 is 0. The van der Waals surface area contributed by atoms with Gasteiger partial charge < -0.3 is 4.43 Å². The molecule has 0 aliphatic heterocycles. The van der Waals surface area contributed by atoms with Crippen LogP contribution >= 0.6 is 0 Å². The summed E-state index contributed by atoms with van der Waals surface area (Å²) in [5.74, 6) is 2.64. The number of non-ortho nitro benzene ring substituents is 1. The van der Waals surface area contributed by atoms with E-state index in [9.17, 15) is 10.1 Å². The van der Waals surface area contributed by atoms with Crippen LogP contribution in [0.2, 0.25) is 18.1 Å². The molecule has 5 heteroatoms. The second kappa shape index (κ2) is 7.08. The molecule has 1 aromatic rings. The highest BCUT2D eigenvalue weighted by molar-refractivity contribution is 6.74. The molecule has 1 unspecified atom stereocenters. The fraction of sp³-hybridized carbons (Fsp3) is 0.529. The summed E-state index contributed by atoms with van der Waals surface area (Å²) in [6.07, 6.45) is 5.97. The largest absolute Gasteiger partial charge is 0.416 e. The zero-order valence-electron chi connectivity index (χ0n) is 14.1. The van der Waals surface area contributed by atoms with E-state index in [1.807, 2.05) is 6.07 Å². The van der Waals surface area contributed by atoms with Gasteiger partial charge in [0.1, 0.15) is 0 Å². The number of rotatable bonds is 6. The number of hydrogen-bond donors (Lipinski definition) is 0. The third-order valence-electron chi connectivity index (χ3n) is 4.37.